The van der Waals surface area contributed by atoms with Crippen LogP contribution in [0.5, 0.6) is 0 Å². The summed E-state index contributed by atoms with van der Waals surface area (Å²) in [5, 5.41) is 4.28. The summed E-state index contributed by atoms with van der Waals surface area (Å²) < 4.78 is 6.01. The van der Waals surface area contributed by atoms with E-state index in [-0.39, 0.29) is 11.2 Å². The number of nitrogens with one attached hydrogen (secondary N) is 1. The Bertz CT molecular complexity index is 350. The van der Waals surface area contributed by atoms with E-state index in [4.69, 9.17) is 4.74 Å². The molecule has 1 aromatic heterocycles. The summed E-state index contributed by atoms with van der Waals surface area (Å²) in [6.07, 6.45) is 0. The first-order valence-corrected chi connectivity index (χ1v) is 6.04. The van der Waals surface area contributed by atoms with E-state index in [0.717, 1.165) is 17.2 Å². The molecular weight excluding hydrogens is 208 g/mol. The number of aromatic nitrogens is 1. The van der Waals surface area contributed by atoms with Crippen LogP contribution in [0.2, 0.25) is 0 Å². The zero-order valence-corrected chi connectivity index (χ0v) is 10.8. The Morgan fingerprint density at radius 2 is 1.93 bits per heavy atom. The van der Waals surface area contributed by atoms with Gasteiger partial charge >= 0.3 is 0 Å². The minimum Gasteiger partial charge on any atom is -0.358 e. The number of nitrogens with zero attached hydrogens (tertiary/aromatic N) is 1. The lowest BCUT2D eigenvalue weighted by atomic mass is 10.0. The third-order valence-electron chi connectivity index (χ3n) is 2.63. The summed E-state index contributed by atoms with van der Waals surface area (Å²) in [4.78, 5) is 5.94. The van der Waals surface area contributed by atoms with Crippen LogP contribution in [0.25, 0.3) is 0 Å². The molecule has 15 heavy (non-hydrogen) atoms. The van der Waals surface area contributed by atoms with Gasteiger partial charge in [-0.3, -0.25) is 0 Å². The van der Waals surface area contributed by atoms with Crippen molar-refractivity contribution < 1.29 is 4.74 Å². The summed E-state index contributed by atoms with van der Waals surface area (Å²) >= 11 is 1.76. The molecule has 4 heteroatoms. The molecule has 0 radical (unpaired) electrons. The fourth-order valence-electron chi connectivity index (χ4n) is 2.14. The molecule has 0 unspecified atom stereocenters. The van der Waals surface area contributed by atoms with Gasteiger partial charge in [0.25, 0.3) is 0 Å². The lowest BCUT2D eigenvalue weighted by molar-refractivity contribution is -0.105. The van der Waals surface area contributed by atoms with E-state index >= 15 is 0 Å². The topological polar surface area (TPSA) is 34.2 Å². The number of hydrogen-bond donors (Lipinski definition) is 1. The van der Waals surface area contributed by atoms with Gasteiger partial charge in [0.15, 0.2) is 0 Å². The molecule has 3 nitrogen and oxygen atoms in total. The van der Waals surface area contributed by atoms with E-state index in [0.29, 0.717) is 0 Å². The van der Waals surface area contributed by atoms with Crippen molar-refractivity contribution in [2.75, 3.05) is 7.05 Å². The molecule has 0 aromatic carbocycles. The molecule has 1 N–H and O–H groups in total. The second kappa shape index (κ2) is 3.27. The van der Waals surface area contributed by atoms with Crippen molar-refractivity contribution in [2.24, 2.45) is 0 Å². The van der Waals surface area contributed by atoms with Gasteiger partial charge in [-0.25, -0.2) is 4.98 Å². The predicted octanol–water partition coefficient (Wildman–Crippen LogP) is 2.36. The summed E-state index contributed by atoms with van der Waals surface area (Å²) in [6, 6.07) is 0. The standard InChI is InChI=1S/C11H18N2OS/c1-10(2)8-9(11(3,4)14-10)15-7(13-8)6-12-5/h12H,6H2,1-5H3. The van der Waals surface area contributed by atoms with Crippen LogP contribution in [-0.4, -0.2) is 12.0 Å². The van der Waals surface area contributed by atoms with Gasteiger partial charge < -0.3 is 10.1 Å². The molecule has 0 saturated heterocycles. The van der Waals surface area contributed by atoms with Gasteiger partial charge in [-0.05, 0) is 34.7 Å². The minimum atomic E-state index is -0.249. The molecular formula is C11H18N2OS. The zero-order chi connectivity index (χ0) is 11.3. The van der Waals surface area contributed by atoms with Crippen molar-refractivity contribution in [1.29, 1.82) is 0 Å². The van der Waals surface area contributed by atoms with Crippen molar-refractivity contribution in [2.45, 2.75) is 45.4 Å². The molecule has 0 bridgehead atoms. The molecule has 0 saturated carbocycles. The SMILES string of the molecule is CNCc1nc2c(s1)C(C)(C)OC2(C)C. The average molecular weight is 226 g/mol. The highest BCUT2D eigenvalue weighted by Gasteiger charge is 2.46. The van der Waals surface area contributed by atoms with Crippen LogP contribution in [-0.2, 0) is 22.5 Å². The molecule has 84 valence electrons. The highest BCUT2D eigenvalue weighted by Crippen LogP contribution is 2.48. The van der Waals surface area contributed by atoms with E-state index in [2.05, 4.69) is 38.0 Å². The summed E-state index contributed by atoms with van der Waals surface area (Å²) in [5.41, 5.74) is 0.673. The first-order chi connectivity index (χ1) is 6.87. The van der Waals surface area contributed by atoms with Crippen LogP contribution in [0.3, 0.4) is 0 Å². The third-order valence-corrected chi connectivity index (χ3v) is 3.99. The maximum absolute atomic E-state index is 6.01. The smallest absolute Gasteiger partial charge is 0.107 e. The van der Waals surface area contributed by atoms with Gasteiger partial charge in [-0.15, -0.1) is 11.3 Å². The normalized spacial score (nSPS) is 21.7. The molecule has 0 fully saturated rings. The Kier molecular flexibility index (Phi) is 2.41. The maximum Gasteiger partial charge on any atom is 0.107 e. The van der Waals surface area contributed by atoms with E-state index in [9.17, 15) is 0 Å². The fraction of sp³-hybridized carbons (Fsp3) is 0.727. The summed E-state index contributed by atoms with van der Waals surface area (Å²) in [5.74, 6) is 0. The van der Waals surface area contributed by atoms with Crippen molar-refractivity contribution in [1.82, 2.24) is 10.3 Å². The first-order valence-electron chi connectivity index (χ1n) is 5.22. The van der Waals surface area contributed by atoms with E-state index in [1.807, 2.05) is 7.05 Å². The summed E-state index contributed by atoms with van der Waals surface area (Å²) in [7, 11) is 1.94. The van der Waals surface area contributed by atoms with Crippen LogP contribution in [0.15, 0.2) is 0 Å². The highest BCUT2D eigenvalue weighted by atomic mass is 32.1. The van der Waals surface area contributed by atoms with Crippen molar-refractivity contribution >= 4 is 11.3 Å². The Morgan fingerprint density at radius 3 is 2.47 bits per heavy atom. The van der Waals surface area contributed by atoms with E-state index in [1.54, 1.807) is 11.3 Å². The molecule has 1 aromatic rings. The van der Waals surface area contributed by atoms with Crippen LogP contribution < -0.4 is 5.32 Å². The second-order valence-electron chi connectivity index (χ2n) is 4.94. The molecule has 2 rings (SSSR count). The largest absolute Gasteiger partial charge is 0.358 e. The lowest BCUT2D eigenvalue weighted by Crippen LogP contribution is -2.23. The number of hydrogen-bond acceptors (Lipinski definition) is 4. The molecule has 1 aliphatic heterocycles. The number of thiazole rings is 1. The average Bonchev–Trinajstić information content (AvgIpc) is 2.53. The minimum absolute atomic E-state index is 0.192. The molecule has 2 heterocycles. The molecule has 0 atom stereocenters. The van der Waals surface area contributed by atoms with Crippen molar-refractivity contribution in [3.8, 4) is 0 Å². The van der Waals surface area contributed by atoms with Crippen LogP contribution in [0.1, 0.15) is 43.3 Å². The number of ether oxygens (including phenoxy) is 1. The van der Waals surface area contributed by atoms with Gasteiger partial charge in [0, 0.05) is 6.54 Å². The Labute approximate surface area is 94.9 Å². The van der Waals surface area contributed by atoms with Gasteiger partial charge in [-0.2, -0.15) is 0 Å². The lowest BCUT2D eigenvalue weighted by Gasteiger charge is -2.24. The molecule has 1 aliphatic rings. The Balaban J connectivity index is 2.46. The third kappa shape index (κ3) is 1.71. The molecule has 0 aliphatic carbocycles. The van der Waals surface area contributed by atoms with Gasteiger partial charge in [-0.1, -0.05) is 0 Å². The van der Waals surface area contributed by atoms with E-state index < -0.39 is 0 Å². The van der Waals surface area contributed by atoms with E-state index in [1.165, 1.54) is 4.88 Å². The Hall–Kier alpha value is -0.450. The Morgan fingerprint density at radius 1 is 1.27 bits per heavy atom. The summed E-state index contributed by atoms with van der Waals surface area (Å²) in [6.45, 7) is 9.24. The van der Waals surface area contributed by atoms with Crippen LogP contribution in [0.4, 0.5) is 0 Å². The molecule has 0 amide bonds. The first kappa shape index (κ1) is 11.0. The van der Waals surface area contributed by atoms with Crippen LogP contribution >= 0.6 is 11.3 Å². The zero-order valence-electron chi connectivity index (χ0n) is 9.97. The molecule has 0 spiro atoms. The second-order valence-corrected chi connectivity index (χ2v) is 6.02. The van der Waals surface area contributed by atoms with Gasteiger partial charge in [0.2, 0.25) is 0 Å². The maximum atomic E-state index is 6.01. The van der Waals surface area contributed by atoms with Crippen LogP contribution in [0, 0.1) is 0 Å². The highest BCUT2D eigenvalue weighted by molar-refractivity contribution is 7.12. The van der Waals surface area contributed by atoms with Gasteiger partial charge in [0.1, 0.15) is 10.6 Å². The fourth-order valence-corrected chi connectivity index (χ4v) is 3.40. The monoisotopic (exact) mass is 226 g/mol. The van der Waals surface area contributed by atoms with Gasteiger partial charge in [0.05, 0.1) is 16.2 Å². The number of rotatable bonds is 2. The quantitative estimate of drug-likeness (QED) is 0.840. The van der Waals surface area contributed by atoms with Crippen molar-refractivity contribution in [3.63, 3.8) is 0 Å². The predicted molar refractivity (Wildman–Crippen MR) is 62.0 cm³/mol. The van der Waals surface area contributed by atoms with Crippen molar-refractivity contribution in [3.05, 3.63) is 15.6 Å². The number of fused-ring (bicyclic) bond motifs is 1.